The molecule has 0 spiro atoms. The minimum Gasteiger partial charge on any atom is -0.362 e. The SMILES string of the molecule is CN(C(=O)COCC(F)(F)F)c1ccc(S(N)(=O)=O)cc1. The summed E-state index contributed by atoms with van der Waals surface area (Å²) in [6, 6.07) is 4.98. The second-order valence-electron chi connectivity index (χ2n) is 4.10. The van der Waals surface area contributed by atoms with E-state index in [1.54, 1.807) is 0 Å². The van der Waals surface area contributed by atoms with Gasteiger partial charge >= 0.3 is 6.18 Å². The normalized spacial score (nSPS) is 12.2. The van der Waals surface area contributed by atoms with Gasteiger partial charge in [0.15, 0.2) is 0 Å². The fourth-order valence-electron chi connectivity index (χ4n) is 1.35. The Morgan fingerprint density at radius 3 is 2.24 bits per heavy atom. The van der Waals surface area contributed by atoms with Gasteiger partial charge in [0.2, 0.25) is 10.0 Å². The lowest BCUT2D eigenvalue weighted by Crippen LogP contribution is -2.31. The van der Waals surface area contributed by atoms with Crippen LogP contribution in [0.25, 0.3) is 0 Å². The molecule has 2 N–H and O–H groups in total. The number of sulfonamides is 1. The van der Waals surface area contributed by atoms with E-state index in [0.717, 1.165) is 4.90 Å². The van der Waals surface area contributed by atoms with E-state index in [1.165, 1.54) is 31.3 Å². The summed E-state index contributed by atoms with van der Waals surface area (Å²) in [7, 11) is -2.52. The van der Waals surface area contributed by atoms with Gasteiger partial charge in [-0.1, -0.05) is 0 Å². The molecule has 0 aromatic heterocycles. The van der Waals surface area contributed by atoms with E-state index in [0.29, 0.717) is 5.69 Å². The third-order valence-corrected chi connectivity index (χ3v) is 3.35. The number of carbonyl (C=O) groups excluding carboxylic acids is 1. The number of amides is 1. The number of primary sulfonamides is 1. The first-order valence-corrected chi connectivity index (χ1v) is 7.09. The lowest BCUT2D eigenvalue weighted by atomic mass is 10.3. The van der Waals surface area contributed by atoms with E-state index < -0.39 is 35.3 Å². The van der Waals surface area contributed by atoms with Gasteiger partial charge in [0.05, 0.1) is 4.90 Å². The number of likely N-dealkylation sites (N-methyl/N-ethyl adjacent to an activating group) is 1. The summed E-state index contributed by atoms with van der Waals surface area (Å²) in [4.78, 5) is 12.5. The molecule has 0 aliphatic rings. The number of hydrogen-bond acceptors (Lipinski definition) is 4. The Kier molecular flexibility index (Phi) is 5.31. The smallest absolute Gasteiger partial charge is 0.362 e. The summed E-state index contributed by atoms with van der Waals surface area (Å²) in [5.41, 5.74) is 0.294. The van der Waals surface area contributed by atoms with Crippen molar-refractivity contribution >= 4 is 21.6 Å². The van der Waals surface area contributed by atoms with Gasteiger partial charge in [-0.3, -0.25) is 4.79 Å². The lowest BCUT2D eigenvalue weighted by molar-refractivity contribution is -0.175. The number of benzene rings is 1. The van der Waals surface area contributed by atoms with Crippen molar-refractivity contribution in [1.29, 1.82) is 0 Å². The van der Waals surface area contributed by atoms with Crippen molar-refractivity contribution in [3.05, 3.63) is 24.3 Å². The molecule has 0 bridgehead atoms. The maximum atomic E-state index is 11.9. The first-order chi connectivity index (χ1) is 9.50. The van der Waals surface area contributed by atoms with Gasteiger partial charge in [-0.25, -0.2) is 13.6 Å². The molecule has 0 atom stereocenters. The number of carbonyl (C=O) groups is 1. The molecule has 1 aromatic carbocycles. The molecule has 0 aliphatic heterocycles. The zero-order valence-electron chi connectivity index (χ0n) is 10.9. The molecule has 0 heterocycles. The minimum absolute atomic E-state index is 0.138. The molecule has 118 valence electrons. The number of ether oxygens (including phenoxy) is 1. The van der Waals surface area contributed by atoms with Gasteiger partial charge in [-0.2, -0.15) is 13.2 Å². The van der Waals surface area contributed by atoms with Gasteiger partial charge in [0.1, 0.15) is 13.2 Å². The Morgan fingerprint density at radius 1 is 1.29 bits per heavy atom. The van der Waals surface area contributed by atoms with Gasteiger partial charge in [-0.05, 0) is 24.3 Å². The average molecular weight is 326 g/mol. The predicted molar refractivity (Wildman–Crippen MR) is 68.1 cm³/mol. The van der Waals surface area contributed by atoms with Gasteiger partial charge < -0.3 is 9.64 Å². The third kappa shape index (κ3) is 5.69. The van der Waals surface area contributed by atoms with Gasteiger partial charge in [-0.15, -0.1) is 0 Å². The maximum absolute atomic E-state index is 11.9. The lowest BCUT2D eigenvalue weighted by Gasteiger charge is -2.18. The molecule has 0 radical (unpaired) electrons. The van der Waals surface area contributed by atoms with Crippen LogP contribution >= 0.6 is 0 Å². The zero-order valence-corrected chi connectivity index (χ0v) is 11.7. The van der Waals surface area contributed by atoms with Crippen LogP contribution < -0.4 is 10.0 Å². The van der Waals surface area contributed by atoms with Crippen LogP contribution in [0.15, 0.2) is 29.2 Å². The van der Waals surface area contributed by atoms with E-state index in [1.807, 2.05) is 0 Å². The highest BCUT2D eigenvalue weighted by Crippen LogP contribution is 2.17. The fourth-order valence-corrected chi connectivity index (χ4v) is 1.87. The van der Waals surface area contributed by atoms with Crippen LogP contribution in [0.3, 0.4) is 0 Å². The highest BCUT2D eigenvalue weighted by atomic mass is 32.2. The predicted octanol–water partition coefficient (Wildman–Crippen LogP) is 0.876. The molecule has 0 saturated heterocycles. The van der Waals surface area contributed by atoms with Crippen LogP contribution in [0, 0.1) is 0 Å². The molecule has 1 amide bonds. The molecule has 0 aliphatic carbocycles. The average Bonchev–Trinajstić information content (AvgIpc) is 2.35. The zero-order chi connectivity index (χ0) is 16.3. The Labute approximate surface area is 119 Å². The maximum Gasteiger partial charge on any atom is 0.411 e. The van der Waals surface area contributed by atoms with E-state index >= 15 is 0 Å². The second kappa shape index (κ2) is 6.41. The highest BCUT2D eigenvalue weighted by molar-refractivity contribution is 7.89. The van der Waals surface area contributed by atoms with Crippen molar-refractivity contribution in [3.63, 3.8) is 0 Å². The van der Waals surface area contributed by atoms with Gasteiger partial charge in [0, 0.05) is 12.7 Å². The number of nitrogens with zero attached hydrogens (tertiary/aromatic N) is 1. The molecule has 21 heavy (non-hydrogen) atoms. The summed E-state index contributed by atoms with van der Waals surface area (Å²) in [5.74, 6) is -0.706. The molecule has 10 heteroatoms. The summed E-state index contributed by atoms with van der Waals surface area (Å²) < 4.78 is 62.0. The summed E-state index contributed by atoms with van der Waals surface area (Å²) >= 11 is 0. The number of alkyl halides is 3. The number of halogens is 3. The van der Waals surface area contributed by atoms with Crippen LogP contribution in [0.1, 0.15) is 0 Å². The fraction of sp³-hybridized carbons (Fsp3) is 0.364. The van der Waals surface area contributed by atoms with Crippen LogP contribution in [-0.2, 0) is 19.6 Å². The van der Waals surface area contributed by atoms with Crippen LogP contribution in [0.4, 0.5) is 18.9 Å². The first kappa shape index (κ1) is 17.4. The molecule has 6 nitrogen and oxygen atoms in total. The van der Waals surface area contributed by atoms with Crippen molar-refractivity contribution < 1.29 is 31.1 Å². The summed E-state index contributed by atoms with van der Waals surface area (Å²) in [6.45, 7) is -2.26. The number of rotatable bonds is 5. The van der Waals surface area contributed by atoms with Crippen molar-refractivity contribution in [2.75, 3.05) is 25.2 Å². The van der Waals surface area contributed by atoms with Crippen LogP contribution in [-0.4, -0.2) is 40.8 Å². The topological polar surface area (TPSA) is 89.7 Å². The van der Waals surface area contributed by atoms with E-state index in [2.05, 4.69) is 4.74 Å². The van der Waals surface area contributed by atoms with Crippen LogP contribution in [0.2, 0.25) is 0 Å². The molecular weight excluding hydrogens is 313 g/mol. The molecule has 0 saturated carbocycles. The van der Waals surface area contributed by atoms with Crippen molar-refractivity contribution in [2.24, 2.45) is 5.14 Å². The largest absolute Gasteiger partial charge is 0.411 e. The monoisotopic (exact) mass is 326 g/mol. The second-order valence-corrected chi connectivity index (χ2v) is 5.66. The highest BCUT2D eigenvalue weighted by Gasteiger charge is 2.28. The Bertz CT molecular complexity index is 599. The van der Waals surface area contributed by atoms with Crippen LogP contribution in [0.5, 0.6) is 0 Å². The van der Waals surface area contributed by atoms with Crippen molar-refractivity contribution in [3.8, 4) is 0 Å². The summed E-state index contributed by atoms with van der Waals surface area (Å²) in [5, 5.41) is 4.91. The first-order valence-electron chi connectivity index (χ1n) is 5.54. The minimum atomic E-state index is -4.50. The van der Waals surface area contributed by atoms with Crippen molar-refractivity contribution in [2.45, 2.75) is 11.1 Å². The van der Waals surface area contributed by atoms with E-state index in [4.69, 9.17) is 5.14 Å². The standard InChI is InChI=1S/C11H13F3N2O4S/c1-16(10(17)6-20-7-11(12,13)14)8-2-4-9(5-3-8)21(15,18)19/h2-5H,6-7H2,1H3,(H2,15,18,19). The summed E-state index contributed by atoms with van der Waals surface area (Å²) in [6.07, 6.45) is -4.50. The van der Waals surface area contributed by atoms with E-state index in [-0.39, 0.29) is 4.90 Å². The number of anilines is 1. The number of hydrogen-bond donors (Lipinski definition) is 1. The molecule has 0 unspecified atom stereocenters. The van der Waals surface area contributed by atoms with E-state index in [9.17, 15) is 26.4 Å². The molecular formula is C11H13F3N2O4S. The Balaban J connectivity index is 2.66. The molecule has 1 rings (SSSR count). The van der Waals surface area contributed by atoms with Crippen molar-refractivity contribution in [1.82, 2.24) is 0 Å². The number of nitrogens with two attached hydrogens (primary N) is 1. The van der Waals surface area contributed by atoms with Gasteiger partial charge in [0.25, 0.3) is 5.91 Å². The Morgan fingerprint density at radius 2 is 1.81 bits per heavy atom. The molecule has 1 aromatic rings. The third-order valence-electron chi connectivity index (χ3n) is 2.42. The molecule has 0 fully saturated rings. The quantitative estimate of drug-likeness (QED) is 0.869. The Hall–Kier alpha value is -1.65.